The van der Waals surface area contributed by atoms with Crippen LogP contribution in [0.25, 0.3) is 0 Å². The molecule has 0 fully saturated rings. The molecule has 0 spiro atoms. The molecule has 0 radical (unpaired) electrons. The summed E-state index contributed by atoms with van der Waals surface area (Å²) < 4.78 is 5.03. The number of hydrogen-bond donors (Lipinski definition) is 1. The van der Waals surface area contributed by atoms with Crippen LogP contribution in [-0.2, 0) is 9.53 Å². The number of nitrogens with one attached hydrogen (secondary N) is 1. The second kappa shape index (κ2) is 5.87. The summed E-state index contributed by atoms with van der Waals surface area (Å²) in [6.07, 6.45) is 0.252. The van der Waals surface area contributed by atoms with Gasteiger partial charge in [-0.25, -0.2) is 0 Å². The van der Waals surface area contributed by atoms with Gasteiger partial charge in [-0.05, 0) is 31.5 Å². The van der Waals surface area contributed by atoms with E-state index < -0.39 is 0 Å². The standard InChI is InChI=1S/C12H16ClNO2/c1-8(16-3)7-12(15)14-11-6-4-5-10(13)9(11)2/h4-6,8H,7H2,1-3H3,(H,14,15)/t8-/m0/s1. The van der Waals surface area contributed by atoms with E-state index in [9.17, 15) is 4.79 Å². The van der Waals surface area contributed by atoms with E-state index in [0.29, 0.717) is 11.4 Å². The molecule has 3 nitrogen and oxygen atoms in total. The lowest BCUT2D eigenvalue weighted by atomic mass is 10.2. The van der Waals surface area contributed by atoms with Gasteiger partial charge in [-0.2, -0.15) is 0 Å². The Morgan fingerprint density at radius 2 is 2.25 bits per heavy atom. The molecule has 1 aromatic rings. The van der Waals surface area contributed by atoms with Gasteiger partial charge in [0.05, 0.1) is 12.5 Å². The van der Waals surface area contributed by atoms with E-state index in [0.717, 1.165) is 11.3 Å². The summed E-state index contributed by atoms with van der Waals surface area (Å²) in [5, 5.41) is 3.46. The zero-order valence-electron chi connectivity index (χ0n) is 9.71. The molecule has 0 heterocycles. The molecule has 1 amide bonds. The van der Waals surface area contributed by atoms with E-state index >= 15 is 0 Å². The smallest absolute Gasteiger partial charge is 0.226 e. The van der Waals surface area contributed by atoms with E-state index in [1.54, 1.807) is 13.2 Å². The number of hydrogen-bond acceptors (Lipinski definition) is 2. The Hall–Kier alpha value is -1.06. The Bertz CT molecular complexity index is 379. The van der Waals surface area contributed by atoms with Gasteiger partial charge in [-0.3, -0.25) is 4.79 Å². The van der Waals surface area contributed by atoms with Crippen molar-refractivity contribution in [3.05, 3.63) is 28.8 Å². The van der Waals surface area contributed by atoms with Crippen LogP contribution < -0.4 is 5.32 Å². The minimum Gasteiger partial charge on any atom is -0.381 e. The number of rotatable bonds is 4. The van der Waals surface area contributed by atoms with Crippen molar-refractivity contribution in [3.63, 3.8) is 0 Å². The van der Waals surface area contributed by atoms with Crippen LogP contribution in [0.2, 0.25) is 5.02 Å². The van der Waals surface area contributed by atoms with Gasteiger partial charge in [-0.1, -0.05) is 17.7 Å². The Balaban J connectivity index is 2.66. The predicted molar refractivity (Wildman–Crippen MR) is 65.9 cm³/mol. The molecule has 1 aromatic carbocycles. The Labute approximate surface area is 101 Å². The fraction of sp³-hybridized carbons (Fsp3) is 0.417. The fourth-order valence-electron chi connectivity index (χ4n) is 1.29. The summed E-state index contributed by atoms with van der Waals surface area (Å²) in [7, 11) is 1.59. The van der Waals surface area contributed by atoms with Crippen molar-refractivity contribution in [2.75, 3.05) is 12.4 Å². The number of ether oxygens (including phenoxy) is 1. The van der Waals surface area contributed by atoms with E-state index in [2.05, 4.69) is 5.32 Å². The van der Waals surface area contributed by atoms with Gasteiger partial charge in [0.15, 0.2) is 0 Å². The number of halogens is 1. The van der Waals surface area contributed by atoms with Crippen LogP contribution in [0.1, 0.15) is 18.9 Å². The number of anilines is 1. The number of carbonyl (C=O) groups is 1. The van der Waals surface area contributed by atoms with Gasteiger partial charge in [0.25, 0.3) is 0 Å². The number of amides is 1. The molecular weight excluding hydrogens is 226 g/mol. The molecule has 1 N–H and O–H groups in total. The van der Waals surface area contributed by atoms with Crippen LogP contribution in [0.4, 0.5) is 5.69 Å². The number of carbonyl (C=O) groups excluding carboxylic acids is 1. The fourth-order valence-corrected chi connectivity index (χ4v) is 1.46. The monoisotopic (exact) mass is 241 g/mol. The highest BCUT2D eigenvalue weighted by Gasteiger charge is 2.10. The third kappa shape index (κ3) is 3.51. The Morgan fingerprint density at radius 3 is 2.88 bits per heavy atom. The first-order valence-electron chi connectivity index (χ1n) is 5.12. The molecule has 1 rings (SSSR count). The van der Waals surface area contributed by atoms with E-state index in [1.807, 2.05) is 26.0 Å². The first-order chi connectivity index (χ1) is 7.54. The third-order valence-electron chi connectivity index (χ3n) is 2.42. The topological polar surface area (TPSA) is 38.3 Å². The first-order valence-corrected chi connectivity index (χ1v) is 5.50. The average Bonchev–Trinajstić information content (AvgIpc) is 2.24. The van der Waals surface area contributed by atoms with E-state index in [-0.39, 0.29) is 12.0 Å². The van der Waals surface area contributed by atoms with E-state index in [1.165, 1.54) is 0 Å². The second-order valence-corrected chi connectivity index (χ2v) is 4.12. The Kier molecular flexibility index (Phi) is 4.77. The number of benzene rings is 1. The minimum absolute atomic E-state index is 0.0697. The Morgan fingerprint density at radius 1 is 1.56 bits per heavy atom. The van der Waals surface area contributed by atoms with Crippen molar-refractivity contribution < 1.29 is 9.53 Å². The lowest BCUT2D eigenvalue weighted by Crippen LogP contribution is -2.19. The van der Waals surface area contributed by atoms with Gasteiger partial charge in [0.1, 0.15) is 0 Å². The van der Waals surface area contributed by atoms with Crippen molar-refractivity contribution in [1.29, 1.82) is 0 Å². The van der Waals surface area contributed by atoms with Crippen LogP contribution in [-0.4, -0.2) is 19.1 Å². The van der Waals surface area contributed by atoms with Gasteiger partial charge in [0.2, 0.25) is 5.91 Å². The number of methoxy groups -OCH3 is 1. The van der Waals surface area contributed by atoms with Crippen LogP contribution in [0.3, 0.4) is 0 Å². The lowest BCUT2D eigenvalue weighted by molar-refractivity contribution is -0.118. The van der Waals surface area contributed by atoms with Gasteiger partial charge >= 0.3 is 0 Å². The van der Waals surface area contributed by atoms with Crippen LogP contribution in [0, 0.1) is 6.92 Å². The minimum atomic E-state index is -0.0838. The normalized spacial score (nSPS) is 12.2. The molecule has 0 aliphatic heterocycles. The lowest BCUT2D eigenvalue weighted by Gasteiger charge is -2.12. The molecule has 0 bridgehead atoms. The quantitative estimate of drug-likeness (QED) is 0.880. The highest BCUT2D eigenvalue weighted by atomic mass is 35.5. The van der Waals surface area contributed by atoms with Gasteiger partial charge in [0, 0.05) is 17.8 Å². The molecule has 88 valence electrons. The summed E-state index contributed by atoms with van der Waals surface area (Å²) in [4.78, 5) is 11.6. The van der Waals surface area contributed by atoms with Gasteiger partial charge < -0.3 is 10.1 Å². The van der Waals surface area contributed by atoms with Crippen LogP contribution >= 0.6 is 11.6 Å². The summed E-state index contributed by atoms with van der Waals surface area (Å²) >= 11 is 5.95. The summed E-state index contributed by atoms with van der Waals surface area (Å²) in [6.45, 7) is 3.72. The summed E-state index contributed by atoms with van der Waals surface area (Å²) in [6, 6.07) is 5.44. The van der Waals surface area contributed by atoms with Crippen molar-refractivity contribution in [1.82, 2.24) is 0 Å². The maximum Gasteiger partial charge on any atom is 0.226 e. The van der Waals surface area contributed by atoms with Gasteiger partial charge in [-0.15, -0.1) is 0 Å². The first kappa shape index (κ1) is 13.0. The van der Waals surface area contributed by atoms with Crippen LogP contribution in [0.5, 0.6) is 0 Å². The van der Waals surface area contributed by atoms with Crippen LogP contribution in [0.15, 0.2) is 18.2 Å². The molecule has 4 heteroatoms. The molecule has 1 atom stereocenters. The molecule has 0 saturated carbocycles. The second-order valence-electron chi connectivity index (χ2n) is 3.71. The van der Waals surface area contributed by atoms with E-state index in [4.69, 9.17) is 16.3 Å². The molecule has 0 unspecified atom stereocenters. The van der Waals surface area contributed by atoms with Crippen molar-refractivity contribution in [3.8, 4) is 0 Å². The zero-order valence-corrected chi connectivity index (χ0v) is 10.5. The maximum absolute atomic E-state index is 11.6. The molecule has 0 saturated heterocycles. The SMILES string of the molecule is CO[C@@H](C)CC(=O)Nc1cccc(Cl)c1C. The zero-order chi connectivity index (χ0) is 12.1. The molecule has 0 aromatic heterocycles. The molecule has 16 heavy (non-hydrogen) atoms. The highest BCUT2D eigenvalue weighted by Crippen LogP contribution is 2.23. The van der Waals surface area contributed by atoms with Crippen molar-refractivity contribution in [2.45, 2.75) is 26.4 Å². The maximum atomic E-state index is 11.6. The molecule has 0 aliphatic carbocycles. The summed E-state index contributed by atoms with van der Waals surface area (Å²) in [5.74, 6) is -0.0697. The van der Waals surface area contributed by atoms with Crippen molar-refractivity contribution in [2.24, 2.45) is 0 Å². The largest absolute Gasteiger partial charge is 0.381 e. The third-order valence-corrected chi connectivity index (χ3v) is 2.83. The van der Waals surface area contributed by atoms with Crippen molar-refractivity contribution >= 4 is 23.2 Å². The average molecular weight is 242 g/mol. The summed E-state index contributed by atoms with van der Waals surface area (Å²) in [5.41, 5.74) is 1.63. The predicted octanol–water partition coefficient (Wildman–Crippen LogP) is 3.01. The molecule has 0 aliphatic rings. The highest BCUT2D eigenvalue weighted by molar-refractivity contribution is 6.31. The molecular formula is C12H16ClNO2.